The molecule has 0 saturated carbocycles. The number of thiazole rings is 1. The molecule has 5 heteroatoms. The third-order valence-corrected chi connectivity index (χ3v) is 4.58. The van der Waals surface area contributed by atoms with Crippen molar-refractivity contribution < 1.29 is 4.79 Å². The summed E-state index contributed by atoms with van der Waals surface area (Å²) in [6.45, 7) is 4.07. The Balaban J connectivity index is 1.97. The highest BCUT2D eigenvalue weighted by atomic mass is 32.1. The summed E-state index contributed by atoms with van der Waals surface area (Å²) in [5, 5.41) is 7.94. The van der Waals surface area contributed by atoms with Crippen molar-refractivity contribution in [1.82, 2.24) is 10.3 Å². The minimum absolute atomic E-state index is 0.0485. The van der Waals surface area contributed by atoms with E-state index in [1.807, 2.05) is 29.8 Å². The Labute approximate surface area is 115 Å². The van der Waals surface area contributed by atoms with E-state index in [1.54, 1.807) is 22.7 Å². The second kappa shape index (κ2) is 6.11. The summed E-state index contributed by atoms with van der Waals surface area (Å²) in [6, 6.07) is 4.29. The first-order chi connectivity index (χ1) is 8.69. The number of hydrogen-bond donors (Lipinski definition) is 1. The van der Waals surface area contributed by atoms with Crippen LogP contribution in [0.2, 0.25) is 0 Å². The highest BCUT2D eigenvalue weighted by Gasteiger charge is 2.10. The second-order valence-corrected chi connectivity index (χ2v) is 5.98. The molecule has 0 saturated heterocycles. The van der Waals surface area contributed by atoms with E-state index in [0.717, 1.165) is 22.0 Å². The van der Waals surface area contributed by atoms with E-state index in [-0.39, 0.29) is 11.9 Å². The largest absolute Gasteiger partial charge is 0.353 e. The van der Waals surface area contributed by atoms with Gasteiger partial charge in [0.25, 0.3) is 0 Å². The molecule has 1 atom stereocenters. The Morgan fingerprint density at radius 1 is 1.50 bits per heavy atom. The van der Waals surface area contributed by atoms with Gasteiger partial charge in [-0.3, -0.25) is 4.79 Å². The van der Waals surface area contributed by atoms with Gasteiger partial charge in [-0.05, 0) is 24.8 Å². The molecule has 0 unspecified atom stereocenters. The van der Waals surface area contributed by atoms with Crippen LogP contribution in [0.1, 0.15) is 26.0 Å². The molecule has 1 amide bonds. The van der Waals surface area contributed by atoms with Crippen molar-refractivity contribution in [2.45, 2.75) is 32.7 Å². The normalized spacial score (nSPS) is 12.3. The van der Waals surface area contributed by atoms with E-state index >= 15 is 0 Å². The van der Waals surface area contributed by atoms with Gasteiger partial charge in [0.05, 0.1) is 17.0 Å². The van der Waals surface area contributed by atoms with Crippen LogP contribution in [0.3, 0.4) is 0 Å². The molecule has 2 aromatic heterocycles. The fourth-order valence-electron chi connectivity index (χ4n) is 1.49. The van der Waals surface area contributed by atoms with Crippen molar-refractivity contribution in [3.8, 4) is 9.88 Å². The van der Waals surface area contributed by atoms with E-state index in [1.165, 1.54) is 0 Å². The predicted molar refractivity (Wildman–Crippen MR) is 77.0 cm³/mol. The molecule has 2 heterocycles. The highest BCUT2D eigenvalue weighted by Crippen LogP contribution is 2.27. The number of nitrogens with one attached hydrogen (secondary N) is 1. The van der Waals surface area contributed by atoms with Gasteiger partial charge in [0, 0.05) is 11.4 Å². The Hall–Kier alpha value is -1.20. The summed E-state index contributed by atoms with van der Waals surface area (Å²) in [5.41, 5.74) is 0.851. The minimum Gasteiger partial charge on any atom is -0.353 e. The zero-order chi connectivity index (χ0) is 13.0. The number of carbonyl (C=O) groups excluding carboxylic acids is 1. The molecule has 0 aliphatic carbocycles. The third-order valence-electron chi connectivity index (χ3n) is 2.65. The van der Waals surface area contributed by atoms with Crippen molar-refractivity contribution in [1.29, 1.82) is 0 Å². The molecular weight excluding hydrogens is 264 g/mol. The number of thiophene rings is 1. The maximum absolute atomic E-state index is 11.7. The van der Waals surface area contributed by atoms with Crippen molar-refractivity contribution in [2.75, 3.05) is 0 Å². The molecule has 0 radical (unpaired) electrons. The van der Waals surface area contributed by atoms with Gasteiger partial charge in [0.1, 0.15) is 5.01 Å². The van der Waals surface area contributed by atoms with Crippen LogP contribution in [0.25, 0.3) is 9.88 Å². The predicted octanol–water partition coefficient (Wildman–Crippen LogP) is 3.33. The number of carbonyl (C=O) groups is 1. The monoisotopic (exact) mass is 280 g/mol. The zero-order valence-corrected chi connectivity index (χ0v) is 12.1. The van der Waals surface area contributed by atoms with E-state index in [9.17, 15) is 4.79 Å². The van der Waals surface area contributed by atoms with Gasteiger partial charge in [0.2, 0.25) is 5.91 Å². The third kappa shape index (κ3) is 3.40. The standard InChI is InChI=1S/C13H16N2OS2/c1-3-9(2)14-12(16)7-10-8-18-13(15-10)11-5-4-6-17-11/h4-6,8-9H,3,7H2,1-2H3,(H,14,16)/t9-/m1/s1. The Morgan fingerprint density at radius 3 is 3.00 bits per heavy atom. The molecule has 0 bridgehead atoms. The quantitative estimate of drug-likeness (QED) is 0.913. The van der Waals surface area contributed by atoms with Gasteiger partial charge in [-0.15, -0.1) is 22.7 Å². The van der Waals surface area contributed by atoms with Gasteiger partial charge in [0.15, 0.2) is 0 Å². The number of hydrogen-bond acceptors (Lipinski definition) is 4. The van der Waals surface area contributed by atoms with Crippen LogP contribution in [-0.4, -0.2) is 16.9 Å². The van der Waals surface area contributed by atoms with E-state index in [4.69, 9.17) is 0 Å². The molecule has 0 aliphatic rings. The van der Waals surface area contributed by atoms with Gasteiger partial charge in [-0.25, -0.2) is 4.98 Å². The van der Waals surface area contributed by atoms with Gasteiger partial charge < -0.3 is 5.32 Å². The number of aromatic nitrogens is 1. The summed E-state index contributed by atoms with van der Waals surface area (Å²) in [6.07, 6.45) is 1.31. The van der Waals surface area contributed by atoms with Gasteiger partial charge in [-0.1, -0.05) is 13.0 Å². The molecule has 1 N–H and O–H groups in total. The van der Waals surface area contributed by atoms with Crippen LogP contribution < -0.4 is 5.32 Å². The summed E-state index contributed by atoms with van der Waals surface area (Å²) < 4.78 is 0. The zero-order valence-electron chi connectivity index (χ0n) is 10.5. The van der Waals surface area contributed by atoms with Crippen LogP contribution in [0.4, 0.5) is 0 Å². The fraction of sp³-hybridized carbons (Fsp3) is 0.385. The van der Waals surface area contributed by atoms with Crippen LogP contribution in [0.15, 0.2) is 22.9 Å². The van der Waals surface area contributed by atoms with Crippen LogP contribution in [0.5, 0.6) is 0 Å². The average Bonchev–Trinajstić information content (AvgIpc) is 2.98. The smallest absolute Gasteiger partial charge is 0.226 e. The molecule has 3 nitrogen and oxygen atoms in total. The molecule has 18 heavy (non-hydrogen) atoms. The lowest BCUT2D eigenvalue weighted by Crippen LogP contribution is -2.33. The number of nitrogens with zero attached hydrogens (tertiary/aromatic N) is 1. The summed E-state index contributed by atoms with van der Waals surface area (Å²) >= 11 is 3.26. The fourth-order valence-corrected chi connectivity index (χ4v) is 3.13. The summed E-state index contributed by atoms with van der Waals surface area (Å²) in [4.78, 5) is 17.4. The molecule has 2 rings (SSSR count). The van der Waals surface area contributed by atoms with Crippen molar-refractivity contribution in [3.05, 3.63) is 28.6 Å². The Morgan fingerprint density at radius 2 is 2.33 bits per heavy atom. The molecule has 0 fully saturated rings. The molecule has 0 spiro atoms. The lowest BCUT2D eigenvalue weighted by atomic mass is 10.2. The van der Waals surface area contributed by atoms with Crippen molar-refractivity contribution in [3.63, 3.8) is 0 Å². The van der Waals surface area contributed by atoms with Crippen molar-refractivity contribution >= 4 is 28.6 Å². The van der Waals surface area contributed by atoms with Crippen LogP contribution in [-0.2, 0) is 11.2 Å². The average molecular weight is 280 g/mol. The number of amides is 1. The molecule has 96 valence electrons. The molecule has 0 aromatic carbocycles. The lowest BCUT2D eigenvalue weighted by molar-refractivity contribution is -0.121. The molecule has 2 aromatic rings. The SMILES string of the molecule is CC[C@@H](C)NC(=O)Cc1csc(-c2cccs2)n1. The number of rotatable bonds is 5. The minimum atomic E-state index is 0.0485. The Kier molecular flexibility index (Phi) is 4.49. The van der Waals surface area contributed by atoms with E-state index in [0.29, 0.717) is 6.42 Å². The van der Waals surface area contributed by atoms with Gasteiger partial charge in [-0.2, -0.15) is 0 Å². The van der Waals surface area contributed by atoms with Crippen LogP contribution >= 0.6 is 22.7 Å². The topological polar surface area (TPSA) is 42.0 Å². The lowest BCUT2D eigenvalue weighted by Gasteiger charge is -2.10. The first-order valence-corrected chi connectivity index (χ1v) is 7.72. The summed E-state index contributed by atoms with van der Waals surface area (Å²) in [5.74, 6) is 0.0485. The highest BCUT2D eigenvalue weighted by molar-refractivity contribution is 7.20. The van der Waals surface area contributed by atoms with E-state index in [2.05, 4.69) is 17.2 Å². The van der Waals surface area contributed by atoms with Gasteiger partial charge >= 0.3 is 0 Å². The molecular formula is C13H16N2OS2. The summed E-state index contributed by atoms with van der Waals surface area (Å²) in [7, 11) is 0. The first kappa shape index (κ1) is 13.2. The van der Waals surface area contributed by atoms with Crippen LogP contribution in [0, 0.1) is 0 Å². The second-order valence-electron chi connectivity index (χ2n) is 4.17. The maximum Gasteiger partial charge on any atom is 0.226 e. The first-order valence-electron chi connectivity index (χ1n) is 5.96. The van der Waals surface area contributed by atoms with Crippen molar-refractivity contribution in [2.24, 2.45) is 0 Å². The molecule has 0 aliphatic heterocycles. The Bertz CT molecular complexity index is 505. The van der Waals surface area contributed by atoms with E-state index < -0.39 is 0 Å². The maximum atomic E-state index is 11.7.